The molecule has 0 saturated carbocycles. The number of amides is 3. The quantitative estimate of drug-likeness (QED) is 0.459. The monoisotopic (exact) mass is 551 g/mol. The van der Waals surface area contributed by atoms with E-state index in [0.717, 1.165) is 16.7 Å². The van der Waals surface area contributed by atoms with Crippen molar-refractivity contribution in [1.82, 2.24) is 15.5 Å². The van der Waals surface area contributed by atoms with Crippen LogP contribution >= 0.6 is 0 Å². The molecule has 0 spiro atoms. The van der Waals surface area contributed by atoms with Gasteiger partial charge >= 0.3 is 12.1 Å². The van der Waals surface area contributed by atoms with Gasteiger partial charge in [0, 0.05) is 19.4 Å². The summed E-state index contributed by atoms with van der Waals surface area (Å²) in [7, 11) is 1.28. The molecular weight excluding hydrogens is 510 g/mol. The van der Waals surface area contributed by atoms with Gasteiger partial charge in [0.25, 0.3) is 0 Å². The number of methoxy groups -OCH3 is 1. The summed E-state index contributed by atoms with van der Waals surface area (Å²) >= 11 is 0. The number of fused-ring (bicyclic) bond motifs is 1. The summed E-state index contributed by atoms with van der Waals surface area (Å²) in [6.45, 7) is 9.32. The molecule has 0 aromatic heterocycles. The molecule has 40 heavy (non-hydrogen) atoms. The Labute approximate surface area is 236 Å². The van der Waals surface area contributed by atoms with Crippen molar-refractivity contribution in [3.05, 3.63) is 71.3 Å². The van der Waals surface area contributed by atoms with Crippen molar-refractivity contribution in [1.29, 1.82) is 0 Å². The van der Waals surface area contributed by atoms with Crippen molar-refractivity contribution < 1.29 is 28.7 Å². The topological polar surface area (TPSA) is 114 Å². The Kier molecular flexibility index (Phi) is 10.3. The summed E-state index contributed by atoms with van der Waals surface area (Å²) in [6, 6.07) is 14.3. The lowest BCUT2D eigenvalue weighted by Crippen LogP contribution is -2.60. The van der Waals surface area contributed by atoms with Gasteiger partial charge in [0.05, 0.1) is 7.11 Å². The third kappa shape index (κ3) is 8.56. The molecular formula is C31H41N3O6. The number of carbonyl (C=O) groups is 4. The highest BCUT2D eigenvalue weighted by atomic mass is 16.6. The second-order valence-corrected chi connectivity index (χ2v) is 11.6. The van der Waals surface area contributed by atoms with E-state index in [1.54, 1.807) is 20.8 Å². The lowest BCUT2D eigenvalue weighted by Gasteiger charge is -2.38. The van der Waals surface area contributed by atoms with Crippen LogP contribution in [-0.4, -0.2) is 59.6 Å². The number of hydrogen-bond acceptors (Lipinski definition) is 6. The molecule has 3 rings (SSSR count). The molecule has 2 aromatic rings. The van der Waals surface area contributed by atoms with Gasteiger partial charge in [-0.1, -0.05) is 68.4 Å². The smallest absolute Gasteiger partial charge is 0.408 e. The molecule has 1 unspecified atom stereocenters. The number of hydrogen-bond donors (Lipinski definition) is 2. The molecule has 0 bridgehead atoms. The standard InChI is InChI=1S/C31H41N3O6/c1-20(2)16-25(29(37)39-6)32-27(35)26-18-22-14-10-11-15-23(22)19-34(26)28(36)24(17-21-12-8-7-9-13-21)33-30(38)40-31(3,4)5/h7-15,20,24-26H,16-19H2,1-6H3,(H,32,35)(H,33,38)/t24?,25-,26-/m0/s1. The molecule has 9 heteroatoms. The van der Waals surface area contributed by atoms with Gasteiger partial charge in [-0.3, -0.25) is 9.59 Å². The largest absolute Gasteiger partial charge is 0.467 e. The first-order valence-corrected chi connectivity index (χ1v) is 13.7. The number of alkyl carbamates (subject to hydrolysis) is 1. The number of esters is 1. The maximum atomic E-state index is 14.2. The van der Waals surface area contributed by atoms with Crippen molar-refractivity contribution in [3.8, 4) is 0 Å². The van der Waals surface area contributed by atoms with Crippen LogP contribution in [0.2, 0.25) is 0 Å². The zero-order chi connectivity index (χ0) is 29.4. The van der Waals surface area contributed by atoms with E-state index in [1.807, 2.05) is 68.4 Å². The van der Waals surface area contributed by atoms with Crippen molar-refractivity contribution >= 4 is 23.9 Å². The molecule has 216 valence electrons. The van der Waals surface area contributed by atoms with Gasteiger partial charge in [0.15, 0.2) is 0 Å². The Morgan fingerprint density at radius 2 is 1.55 bits per heavy atom. The van der Waals surface area contributed by atoms with E-state index in [0.29, 0.717) is 6.42 Å². The Hall–Kier alpha value is -3.88. The van der Waals surface area contributed by atoms with Crippen molar-refractivity contribution in [3.63, 3.8) is 0 Å². The van der Waals surface area contributed by atoms with Crippen LogP contribution in [0.4, 0.5) is 4.79 Å². The van der Waals surface area contributed by atoms with Crippen molar-refractivity contribution in [2.75, 3.05) is 7.11 Å². The van der Waals surface area contributed by atoms with Gasteiger partial charge < -0.3 is 25.0 Å². The number of carbonyl (C=O) groups excluding carboxylic acids is 4. The van der Waals surface area contributed by atoms with E-state index >= 15 is 0 Å². The molecule has 1 aliphatic heterocycles. The predicted molar refractivity (Wildman–Crippen MR) is 151 cm³/mol. The normalized spacial score (nSPS) is 16.4. The first-order valence-electron chi connectivity index (χ1n) is 13.7. The summed E-state index contributed by atoms with van der Waals surface area (Å²) in [6.07, 6.45) is 0.159. The van der Waals surface area contributed by atoms with E-state index in [1.165, 1.54) is 12.0 Å². The fourth-order valence-electron chi connectivity index (χ4n) is 4.78. The first-order chi connectivity index (χ1) is 18.9. The van der Waals surface area contributed by atoms with Gasteiger partial charge in [-0.25, -0.2) is 9.59 Å². The van der Waals surface area contributed by atoms with E-state index in [4.69, 9.17) is 9.47 Å². The Bertz CT molecular complexity index is 1190. The number of nitrogens with one attached hydrogen (secondary N) is 2. The van der Waals surface area contributed by atoms with Gasteiger partial charge in [-0.2, -0.15) is 0 Å². The summed E-state index contributed by atoms with van der Waals surface area (Å²) in [5.41, 5.74) is 1.96. The van der Waals surface area contributed by atoms with E-state index < -0.39 is 47.6 Å². The summed E-state index contributed by atoms with van der Waals surface area (Å²) in [4.78, 5) is 54.6. The Morgan fingerprint density at radius 3 is 2.15 bits per heavy atom. The summed E-state index contributed by atoms with van der Waals surface area (Å²) in [5.74, 6) is -1.27. The van der Waals surface area contributed by atoms with Crippen LogP contribution in [0, 0.1) is 5.92 Å². The molecule has 9 nitrogen and oxygen atoms in total. The highest BCUT2D eigenvalue weighted by molar-refractivity contribution is 5.94. The molecule has 0 fully saturated rings. The van der Waals surface area contributed by atoms with Crippen LogP contribution in [0.25, 0.3) is 0 Å². The number of rotatable bonds is 9. The van der Waals surface area contributed by atoms with Gasteiger partial charge in [0.1, 0.15) is 23.7 Å². The van der Waals surface area contributed by atoms with Crippen LogP contribution in [0.15, 0.2) is 54.6 Å². The molecule has 3 amide bonds. The number of ether oxygens (including phenoxy) is 2. The lowest BCUT2D eigenvalue weighted by atomic mass is 9.91. The van der Waals surface area contributed by atoms with E-state index in [9.17, 15) is 19.2 Å². The van der Waals surface area contributed by atoms with Crippen LogP contribution in [0.1, 0.15) is 57.7 Å². The number of nitrogens with zero attached hydrogens (tertiary/aromatic N) is 1. The first kappa shape index (κ1) is 30.7. The van der Waals surface area contributed by atoms with E-state index in [2.05, 4.69) is 10.6 Å². The van der Waals surface area contributed by atoms with Crippen LogP contribution in [0.5, 0.6) is 0 Å². The molecule has 2 aromatic carbocycles. The summed E-state index contributed by atoms with van der Waals surface area (Å²) in [5, 5.41) is 5.56. The van der Waals surface area contributed by atoms with Crippen molar-refractivity contribution in [2.24, 2.45) is 5.92 Å². The van der Waals surface area contributed by atoms with Gasteiger partial charge in [-0.15, -0.1) is 0 Å². The highest BCUT2D eigenvalue weighted by Gasteiger charge is 2.39. The molecule has 1 heterocycles. The summed E-state index contributed by atoms with van der Waals surface area (Å²) < 4.78 is 10.4. The average Bonchev–Trinajstić information content (AvgIpc) is 2.90. The third-order valence-electron chi connectivity index (χ3n) is 6.62. The Balaban J connectivity index is 1.94. The third-order valence-corrected chi connectivity index (χ3v) is 6.62. The predicted octanol–water partition coefficient (Wildman–Crippen LogP) is 3.78. The zero-order valence-electron chi connectivity index (χ0n) is 24.2. The number of benzene rings is 2. The molecule has 0 saturated heterocycles. The lowest BCUT2D eigenvalue weighted by molar-refractivity contribution is -0.148. The fraction of sp³-hybridized carbons (Fsp3) is 0.484. The second kappa shape index (κ2) is 13.5. The minimum atomic E-state index is -0.982. The van der Waals surface area contributed by atoms with Gasteiger partial charge in [-0.05, 0) is 49.8 Å². The maximum Gasteiger partial charge on any atom is 0.408 e. The fourth-order valence-corrected chi connectivity index (χ4v) is 4.78. The zero-order valence-corrected chi connectivity index (χ0v) is 24.2. The van der Waals surface area contributed by atoms with Crippen LogP contribution < -0.4 is 10.6 Å². The second-order valence-electron chi connectivity index (χ2n) is 11.6. The molecule has 0 aliphatic carbocycles. The Morgan fingerprint density at radius 1 is 0.925 bits per heavy atom. The van der Waals surface area contributed by atoms with Gasteiger partial charge in [0.2, 0.25) is 11.8 Å². The van der Waals surface area contributed by atoms with Crippen LogP contribution in [0.3, 0.4) is 0 Å². The van der Waals surface area contributed by atoms with E-state index in [-0.39, 0.29) is 25.3 Å². The maximum absolute atomic E-state index is 14.2. The molecule has 1 aliphatic rings. The molecule has 3 atom stereocenters. The van der Waals surface area contributed by atoms with Crippen LogP contribution in [-0.2, 0) is 43.2 Å². The highest BCUT2D eigenvalue weighted by Crippen LogP contribution is 2.25. The minimum absolute atomic E-state index is 0.127. The molecule has 0 radical (unpaired) electrons. The average molecular weight is 552 g/mol. The molecule has 2 N–H and O–H groups in total. The minimum Gasteiger partial charge on any atom is -0.467 e. The van der Waals surface area contributed by atoms with Crippen molar-refractivity contribution in [2.45, 2.75) is 84.2 Å². The SMILES string of the molecule is COC(=O)[C@H](CC(C)C)NC(=O)[C@@H]1Cc2ccccc2CN1C(=O)C(Cc1ccccc1)NC(=O)OC(C)(C)C.